The summed E-state index contributed by atoms with van der Waals surface area (Å²) < 4.78 is 13.6. The SMILES string of the molecule is Fc1ccc2[nH]cc(CN3CCc4nc(-c5ccccc5)ncc4C3)c2c1. The molecule has 0 atom stereocenters. The topological polar surface area (TPSA) is 44.8 Å². The second-order valence-electron chi connectivity index (χ2n) is 7.00. The van der Waals surface area contributed by atoms with E-state index in [-0.39, 0.29) is 5.82 Å². The summed E-state index contributed by atoms with van der Waals surface area (Å²) >= 11 is 0. The van der Waals surface area contributed by atoms with Crippen molar-refractivity contribution in [3.05, 3.63) is 83.6 Å². The number of nitrogens with zero attached hydrogens (tertiary/aromatic N) is 3. The lowest BCUT2D eigenvalue weighted by Gasteiger charge is -2.27. The summed E-state index contributed by atoms with van der Waals surface area (Å²) in [6, 6.07) is 15.0. The number of aromatic amines is 1. The van der Waals surface area contributed by atoms with Crippen molar-refractivity contribution in [1.29, 1.82) is 0 Å². The lowest BCUT2D eigenvalue weighted by Crippen LogP contribution is -2.30. The van der Waals surface area contributed by atoms with Crippen LogP contribution >= 0.6 is 0 Å². The smallest absolute Gasteiger partial charge is 0.159 e. The summed E-state index contributed by atoms with van der Waals surface area (Å²) in [6.45, 7) is 2.52. The second-order valence-corrected chi connectivity index (χ2v) is 7.00. The maximum atomic E-state index is 13.6. The number of rotatable bonds is 3. The molecule has 1 N–H and O–H groups in total. The second kappa shape index (κ2) is 6.59. The lowest BCUT2D eigenvalue weighted by molar-refractivity contribution is 0.244. The van der Waals surface area contributed by atoms with Crippen molar-refractivity contribution in [2.45, 2.75) is 19.5 Å². The molecule has 27 heavy (non-hydrogen) atoms. The van der Waals surface area contributed by atoms with Gasteiger partial charge in [-0.15, -0.1) is 0 Å². The quantitative estimate of drug-likeness (QED) is 0.593. The van der Waals surface area contributed by atoms with Crippen LogP contribution in [-0.4, -0.2) is 26.4 Å². The number of H-pyrrole nitrogens is 1. The predicted octanol–water partition coefficient (Wildman–Crippen LogP) is 4.32. The van der Waals surface area contributed by atoms with Gasteiger partial charge < -0.3 is 4.98 Å². The van der Waals surface area contributed by atoms with Crippen LogP contribution in [0.2, 0.25) is 0 Å². The van der Waals surface area contributed by atoms with Gasteiger partial charge in [0.05, 0.1) is 5.69 Å². The van der Waals surface area contributed by atoms with Gasteiger partial charge in [-0.3, -0.25) is 4.90 Å². The summed E-state index contributed by atoms with van der Waals surface area (Å²) in [5.74, 6) is 0.587. The molecule has 5 rings (SSSR count). The average Bonchev–Trinajstić information content (AvgIpc) is 3.10. The molecule has 0 saturated heterocycles. The maximum Gasteiger partial charge on any atom is 0.159 e. The van der Waals surface area contributed by atoms with Crippen LogP contribution in [0.4, 0.5) is 4.39 Å². The molecule has 0 fully saturated rings. The Morgan fingerprint density at radius 1 is 1.11 bits per heavy atom. The van der Waals surface area contributed by atoms with Crippen LogP contribution < -0.4 is 0 Å². The first-order valence-corrected chi connectivity index (χ1v) is 9.14. The van der Waals surface area contributed by atoms with Crippen LogP contribution in [0.5, 0.6) is 0 Å². The van der Waals surface area contributed by atoms with Gasteiger partial charge in [-0.25, -0.2) is 14.4 Å². The first kappa shape index (κ1) is 16.1. The molecular weight excluding hydrogens is 339 g/mol. The third-order valence-electron chi connectivity index (χ3n) is 5.17. The molecule has 0 spiro atoms. The fourth-order valence-corrected chi connectivity index (χ4v) is 3.76. The molecule has 0 unspecified atom stereocenters. The van der Waals surface area contributed by atoms with E-state index < -0.39 is 0 Å². The number of halogens is 1. The number of aromatic nitrogens is 3. The number of fused-ring (bicyclic) bond motifs is 2. The van der Waals surface area contributed by atoms with Crippen LogP contribution in [0.25, 0.3) is 22.3 Å². The lowest BCUT2D eigenvalue weighted by atomic mass is 10.1. The van der Waals surface area contributed by atoms with Crippen molar-refractivity contribution < 1.29 is 4.39 Å². The average molecular weight is 358 g/mol. The van der Waals surface area contributed by atoms with E-state index in [0.717, 1.165) is 59.6 Å². The van der Waals surface area contributed by atoms with E-state index in [9.17, 15) is 4.39 Å². The highest BCUT2D eigenvalue weighted by Gasteiger charge is 2.20. The summed E-state index contributed by atoms with van der Waals surface area (Å²) in [5, 5.41) is 0.955. The maximum absolute atomic E-state index is 13.6. The minimum atomic E-state index is -0.200. The first-order valence-electron chi connectivity index (χ1n) is 9.14. The molecule has 4 nitrogen and oxygen atoms in total. The highest BCUT2D eigenvalue weighted by atomic mass is 19.1. The number of nitrogens with one attached hydrogen (secondary N) is 1. The molecule has 5 heteroatoms. The molecule has 2 aromatic carbocycles. The molecule has 0 saturated carbocycles. The highest BCUT2D eigenvalue weighted by molar-refractivity contribution is 5.83. The minimum Gasteiger partial charge on any atom is -0.361 e. The molecule has 0 bridgehead atoms. The molecule has 0 amide bonds. The fourth-order valence-electron chi connectivity index (χ4n) is 3.76. The molecule has 0 aliphatic carbocycles. The zero-order valence-electron chi connectivity index (χ0n) is 14.8. The van der Waals surface area contributed by atoms with Gasteiger partial charge in [-0.2, -0.15) is 0 Å². The van der Waals surface area contributed by atoms with E-state index in [4.69, 9.17) is 4.98 Å². The third kappa shape index (κ3) is 3.11. The molecule has 2 aromatic heterocycles. The van der Waals surface area contributed by atoms with Crippen LogP contribution in [-0.2, 0) is 19.5 Å². The Bertz CT molecular complexity index is 1100. The number of benzene rings is 2. The van der Waals surface area contributed by atoms with Gasteiger partial charge in [0, 0.05) is 60.5 Å². The minimum absolute atomic E-state index is 0.200. The molecule has 3 heterocycles. The zero-order chi connectivity index (χ0) is 18.2. The van der Waals surface area contributed by atoms with E-state index in [1.165, 1.54) is 11.6 Å². The monoisotopic (exact) mass is 358 g/mol. The van der Waals surface area contributed by atoms with Gasteiger partial charge in [-0.05, 0) is 23.8 Å². The van der Waals surface area contributed by atoms with Gasteiger partial charge in [0.25, 0.3) is 0 Å². The largest absolute Gasteiger partial charge is 0.361 e. The van der Waals surface area contributed by atoms with Crippen molar-refractivity contribution in [3.8, 4) is 11.4 Å². The van der Waals surface area contributed by atoms with Crippen LogP contribution in [0.15, 0.2) is 60.9 Å². The Labute approximate surface area is 156 Å². The highest BCUT2D eigenvalue weighted by Crippen LogP contribution is 2.25. The molecule has 134 valence electrons. The van der Waals surface area contributed by atoms with Gasteiger partial charge >= 0.3 is 0 Å². The predicted molar refractivity (Wildman–Crippen MR) is 104 cm³/mol. The van der Waals surface area contributed by atoms with Gasteiger partial charge in [0.1, 0.15) is 5.82 Å². The fraction of sp³-hybridized carbons (Fsp3) is 0.182. The Morgan fingerprint density at radius 2 is 2.00 bits per heavy atom. The molecule has 4 aromatic rings. The molecule has 1 aliphatic heterocycles. The number of hydrogen-bond acceptors (Lipinski definition) is 3. The van der Waals surface area contributed by atoms with Gasteiger partial charge in [-0.1, -0.05) is 30.3 Å². The van der Waals surface area contributed by atoms with Crippen LogP contribution in [0.3, 0.4) is 0 Å². The summed E-state index contributed by atoms with van der Waals surface area (Å²) in [4.78, 5) is 14.9. The summed E-state index contributed by atoms with van der Waals surface area (Å²) in [7, 11) is 0. The third-order valence-corrected chi connectivity index (χ3v) is 5.17. The van der Waals surface area contributed by atoms with Crippen molar-refractivity contribution in [2.75, 3.05) is 6.54 Å². The Hall–Kier alpha value is -3.05. The summed E-state index contributed by atoms with van der Waals surface area (Å²) in [5.41, 5.74) is 5.44. The van der Waals surface area contributed by atoms with Crippen molar-refractivity contribution in [1.82, 2.24) is 19.9 Å². The Morgan fingerprint density at radius 3 is 2.89 bits per heavy atom. The zero-order valence-corrected chi connectivity index (χ0v) is 14.8. The molecule has 0 radical (unpaired) electrons. The van der Waals surface area contributed by atoms with E-state index in [1.807, 2.05) is 42.7 Å². The van der Waals surface area contributed by atoms with Crippen molar-refractivity contribution in [3.63, 3.8) is 0 Å². The normalized spacial score (nSPS) is 14.4. The Kier molecular flexibility index (Phi) is 3.94. The molecular formula is C22H19FN4. The summed E-state index contributed by atoms with van der Waals surface area (Å²) in [6.07, 6.45) is 4.83. The van der Waals surface area contributed by atoms with Gasteiger partial charge in [0.15, 0.2) is 5.82 Å². The standard InChI is InChI=1S/C22H19FN4/c23-18-6-7-21-19(10-18)16(11-24-21)13-27-9-8-20-17(14-27)12-25-22(26-20)15-4-2-1-3-5-15/h1-7,10-12,24H,8-9,13-14H2. The van der Waals surface area contributed by atoms with Crippen molar-refractivity contribution >= 4 is 10.9 Å². The van der Waals surface area contributed by atoms with E-state index in [1.54, 1.807) is 12.1 Å². The van der Waals surface area contributed by atoms with E-state index in [2.05, 4.69) is 14.9 Å². The first-order chi connectivity index (χ1) is 13.3. The van der Waals surface area contributed by atoms with E-state index in [0.29, 0.717) is 0 Å². The van der Waals surface area contributed by atoms with Crippen molar-refractivity contribution in [2.24, 2.45) is 0 Å². The van der Waals surface area contributed by atoms with Crippen LogP contribution in [0, 0.1) is 5.82 Å². The van der Waals surface area contributed by atoms with Gasteiger partial charge in [0.2, 0.25) is 0 Å². The Balaban J connectivity index is 1.37. The molecule has 1 aliphatic rings. The van der Waals surface area contributed by atoms with E-state index >= 15 is 0 Å². The van der Waals surface area contributed by atoms with Crippen LogP contribution in [0.1, 0.15) is 16.8 Å². The number of hydrogen-bond donors (Lipinski definition) is 1.